The predicted octanol–water partition coefficient (Wildman–Crippen LogP) is 1.60. The van der Waals surface area contributed by atoms with Gasteiger partial charge in [-0.15, -0.1) is 0 Å². The van der Waals surface area contributed by atoms with Gasteiger partial charge in [0.2, 0.25) is 5.91 Å². The second-order valence-corrected chi connectivity index (χ2v) is 5.40. The third kappa shape index (κ3) is 8.48. The van der Waals surface area contributed by atoms with E-state index in [9.17, 15) is 4.79 Å². The summed E-state index contributed by atoms with van der Waals surface area (Å²) < 4.78 is 0. The maximum atomic E-state index is 11.7. The minimum atomic E-state index is 0.0897. The Morgan fingerprint density at radius 2 is 1.89 bits per heavy atom. The van der Waals surface area contributed by atoms with E-state index in [1.807, 2.05) is 6.92 Å². The number of amides is 1. The summed E-state index contributed by atoms with van der Waals surface area (Å²) in [6.07, 6.45) is 3.99. The van der Waals surface area contributed by atoms with E-state index in [0.717, 1.165) is 38.8 Å². The topological polar surface area (TPSA) is 58.4 Å². The number of rotatable bonds is 10. The van der Waals surface area contributed by atoms with Crippen molar-refractivity contribution in [1.82, 2.24) is 10.2 Å². The monoisotopic (exact) mass is 257 g/mol. The average molecular weight is 257 g/mol. The van der Waals surface area contributed by atoms with E-state index < -0.39 is 0 Å². The first-order chi connectivity index (χ1) is 8.49. The van der Waals surface area contributed by atoms with Crippen molar-refractivity contribution in [1.29, 1.82) is 0 Å². The van der Waals surface area contributed by atoms with Crippen molar-refractivity contribution in [3.05, 3.63) is 0 Å². The van der Waals surface area contributed by atoms with Crippen molar-refractivity contribution >= 4 is 5.91 Å². The molecule has 0 aliphatic carbocycles. The number of carbonyl (C=O) groups excluding carboxylic acids is 1. The zero-order chi connectivity index (χ0) is 14.0. The molecular weight excluding hydrogens is 226 g/mol. The van der Waals surface area contributed by atoms with Crippen LogP contribution in [0.3, 0.4) is 0 Å². The van der Waals surface area contributed by atoms with Crippen LogP contribution in [0.2, 0.25) is 0 Å². The molecule has 0 bridgehead atoms. The van der Waals surface area contributed by atoms with Crippen molar-refractivity contribution in [2.24, 2.45) is 11.7 Å². The van der Waals surface area contributed by atoms with E-state index in [1.54, 1.807) is 0 Å². The molecule has 1 amide bonds. The van der Waals surface area contributed by atoms with Crippen LogP contribution < -0.4 is 11.1 Å². The maximum absolute atomic E-state index is 11.7. The van der Waals surface area contributed by atoms with Gasteiger partial charge < -0.3 is 16.0 Å². The summed E-state index contributed by atoms with van der Waals surface area (Å²) in [5.74, 6) is 0.257. The molecule has 1 atom stereocenters. The molecule has 3 N–H and O–H groups in total. The van der Waals surface area contributed by atoms with Gasteiger partial charge in [0.05, 0.1) is 0 Å². The third-order valence-corrected chi connectivity index (χ3v) is 3.41. The molecule has 108 valence electrons. The molecule has 0 spiro atoms. The highest BCUT2D eigenvalue weighted by Crippen LogP contribution is 2.04. The molecule has 0 aliphatic rings. The Kier molecular flexibility index (Phi) is 9.98. The molecule has 0 radical (unpaired) electrons. The molecule has 0 saturated heterocycles. The zero-order valence-corrected chi connectivity index (χ0v) is 12.5. The first kappa shape index (κ1) is 17.4. The summed E-state index contributed by atoms with van der Waals surface area (Å²) in [5.41, 5.74) is 5.43. The average Bonchev–Trinajstić information content (AvgIpc) is 2.34. The number of unbranched alkanes of at least 4 members (excludes halogenated alkanes) is 1. The number of hydrogen-bond donors (Lipinski definition) is 2. The van der Waals surface area contributed by atoms with Gasteiger partial charge in [0.15, 0.2) is 0 Å². The van der Waals surface area contributed by atoms with Crippen molar-refractivity contribution in [2.45, 2.75) is 52.5 Å². The molecule has 4 nitrogen and oxygen atoms in total. The number of carbonyl (C=O) groups is 1. The van der Waals surface area contributed by atoms with E-state index >= 15 is 0 Å². The molecule has 0 aromatic carbocycles. The molecule has 18 heavy (non-hydrogen) atoms. The van der Waals surface area contributed by atoms with Gasteiger partial charge in [-0.25, -0.2) is 0 Å². The van der Waals surface area contributed by atoms with Gasteiger partial charge in [0.25, 0.3) is 0 Å². The van der Waals surface area contributed by atoms with Crippen molar-refractivity contribution in [3.8, 4) is 0 Å². The highest BCUT2D eigenvalue weighted by molar-refractivity contribution is 5.78. The summed E-state index contributed by atoms with van der Waals surface area (Å²) in [4.78, 5) is 14.0. The lowest BCUT2D eigenvalue weighted by Crippen LogP contribution is -2.31. The van der Waals surface area contributed by atoms with Crippen LogP contribution in [0.25, 0.3) is 0 Å². The number of hydrogen-bond acceptors (Lipinski definition) is 3. The van der Waals surface area contributed by atoms with Gasteiger partial charge in [-0.1, -0.05) is 6.92 Å². The van der Waals surface area contributed by atoms with Gasteiger partial charge in [-0.2, -0.15) is 0 Å². The van der Waals surface area contributed by atoms with Crippen LogP contribution in [0.1, 0.15) is 46.5 Å². The van der Waals surface area contributed by atoms with Gasteiger partial charge in [-0.3, -0.25) is 4.79 Å². The lowest BCUT2D eigenvalue weighted by atomic mass is 10.0. The number of nitrogens with one attached hydrogen (secondary N) is 1. The zero-order valence-electron chi connectivity index (χ0n) is 12.5. The molecule has 0 aromatic rings. The molecule has 0 saturated carbocycles. The summed E-state index contributed by atoms with van der Waals surface area (Å²) in [7, 11) is 2.14. The Hall–Kier alpha value is -0.610. The van der Waals surface area contributed by atoms with E-state index in [4.69, 9.17) is 5.73 Å². The van der Waals surface area contributed by atoms with Crippen molar-refractivity contribution in [2.75, 3.05) is 26.7 Å². The summed E-state index contributed by atoms with van der Waals surface area (Å²) in [6.45, 7) is 8.91. The Labute approximate surface area is 112 Å². The molecular formula is C14H31N3O. The molecule has 0 rings (SSSR count). The first-order valence-corrected chi connectivity index (χ1v) is 7.17. The second kappa shape index (κ2) is 10.3. The Balaban J connectivity index is 3.51. The van der Waals surface area contributed by atoms with E-state index in [1.165, 1.54) is 0 Å². The van der Waals surface area contributed by atoms with Crippen molar-refractivity contribution in [3.63, 3.8) is 0 Å². The minimum Gasteiger partial charge on any atom is -0.356 e. The van der Waals surface area contributed by atoms with Crippen LogP contribution in [-0.2, 0) is 4.79 Å². The Bertz CT molecular complexity index is 219. The fourth-order valence-corrected chi connectivity index (χ4v) is 1.69. The Morgan fingerprint density at radius 1 is 1.22 bits per heavy atom. The highest BCUT2D eigenvalue weighted by atomic mass is 16.1. The SMILES string of the molecule is CC(CCCN)C(=O)NCCCCN(C)C(C)C. The molecule has 0 heterocycles. The predicted molar refractivity (Wildman–Crippen MR) is 77.5 cm³/mol. The van der Waals surface area contributed by atoms with Gasteiger partial charge in [0.1, 0.15) is 0 Å². The molecule has 1 unspecified atom stereocenters. The fraction of sp³-hybridized carbons (Fsp3) is 0.929. The lowest BCUT2D eigenvalue weighted by molar-refractivity contribution is -0.124. The summed E-state index contributed by atoms with van der Waals surface area (Å²) in [6, 6.07) is 0.593. The lowest BCUT2D eigenvalue weighted by Gasteiger charge is -2.20. The quantitative estimate of drug-likeness (QED) is 0.584. The number of nitrogens with zero attached hydrogens (tertiary/aromatic N) is 1. The molecule has 0 fully saturated rings. The molecule has 0 aliphatic heterocycles. The summed E-state index contributed by atoms with van der Waals surface area (Å²) >= 11 is 0. The normalized spacial score (nSPS) is 13.1. The van der Waals surface area contributed by atoms with Crippen LogP contribution in [-0.4, -0.2) is 43.5 Å². The van der Waals surface area contributed by atoms with Gasteiger partial charge in [-0.05, 0) is 59.7 Å². The van der Waals surface area contributed by atoms with E-state index in [-0.39, 0.29) is 11.8 Å². The van der Waals surface area contributed by atoms with Crippen LogP contribution in [0.15, 0.2) is 0 Å². The minimum absolute atomic E-state index is 0.0897. The van der Waals surface area contributed by atoms with E-state index in [2.05, 4.69) is 31.1 Å². The Morgan fingerprint density at radius 3 is 2.44 bits per heavy atom. The third-order valence-electron chi connectivity index (χ3n) is 3.41. The standard InChI is InChI=1S/C14H31N3O/c1-12(2)17(4)11-6-5-10-16-14(18)13(3)8-7-9-15/h12-13H,5-11,15H2,1-4H3,(H,16,18). The van der Waals surface area contributed by atoms with Crippen LogP contribution in [0.4, 0.5) is 0 Å². The van der Waals surface area contributed by atoms with Crippen molar-refractivity contribution < 1.29 is 4.79 Å². The molecule has 0 aromatic heterocycles. The maximum Gasteiger partial charge on any atom is 0.222 e. The second-order valence-electron chi connectivity index (χ2n) is 5.40. The first-order valence-electron chi connectivity index (χ1n) is 7.17. The fourth-order valence-electron chi connectivity index (χ4n) is 1.69. The molecule has 4 heteroatoms. The van der Waals surface area contributed by atoms with Crippen LogP contribution in [0.5, 0.6) is 0 Å². The number of nitrogens with two attached hydrogens (primary N) is 1. The van der Waals surface area contributed by atoms with Crippen LogP contribution in [0, 0.1) is 5.92 Å². The van der Waals surface area contributed by atoms with E-state index in [0.29, 0.717) is 12.6 Å². The smallest absolute Gasteiger partial charge is 0.222 e. The van der Waals surface area contributed by atoms with Crippen LogP contribution >= 0.6 is 0 Å². The van der Waals surface area contributed by atoms with Gasteiger partial charge in [0, 0.05) is 18.5 Å². The van der Waals surface area contributed by atoms with Gasteiger partial charge >= 0.3 is 0 Å². The highest BCUT2D eigenvalue weighted by Gasteiger charge is 2.11. The largest absolute Gasteiger partial charge is 0.356 e. The summed E-state index contributed by atoms with van der Waals surface area (Å²) in [5, 5.41) is 3.00.